The Kier molecular flexibility index (Phi) is 3.88. The normalized spacial score (nSPS) is 14.0. The van der Waals surface area contributed by atoms with Crippen LogP contribution in [0.4, 0.5) is 0 Å². The van der Waals surface area contributed by atoms with Crippen LogP contribution < -0.4 is 10.1 Å². The van der Waals surface area contributed by atoms with E-state index in [4.69, 9.17) is 4.74 Å². The van der Waals surface area contributed by atoms with Crippen LogP contribution in [0.1, 0.15) is 33.5 Å². The molecule has 0 amide bonds. The lowest BCUT2D eigenvalue weighted by Crippen LogP contribution is -2.22. The highest BCUT2D eigenvalue weighted by Gasteiger charge is 2.18. The third-order valence-electron chi connectivity index (χ3n) is 3.60. The van der Waals surface area contributed by atoms with E-state index in [-0.39, 0.29) is 5.78 Å². The molecule has 1 heterocycles. The summed E-state index contributed by atoms with van der Waals surface area (Å²) in [6, 6.07) is 1.92. The zero-order chi connectivity index (χ0) is 14.0. The second kappa shape index (κ2) is 5.43. The number of ether oxygens (including phenoxy) is 1. The smallest absolute Gasteiger partial charge is 0.170 e. The number of aryl methyl sites for hydroxylation is 1. The molecule has 1 aliphatic heterocycles. The fourth-order valence-corrected chi connectivity index (χ4v) is 2.47. The van der Waals surface area contributed by atoms with Gasteiger partial charge in [-0.25, -0.2) is 0 Å². The van der Waals surface area contributed by atoms with Gasteiger partial charge in [0.25, 0.3) is 0 Å². The van der Waals surface area contributed by atoms with E-state index in [9.17, 15) is 4.79 Å². The molecule has 102 valence electrons. The molecule has 0 fully saturated rings. The molecule has 0 unspecified atom stereocenters. The maximum Gasteiger partial charge on any atom is 0.170 e. The predicted molar refractivity (Wildman–Crippen MR) is 76.5 cm³/mol. The minimum atomic E-state index is 0.111. The summed E-state index contributed by atoms with van der Waals surface area (Å²) in [5.41, 5.74) is 3.79. The van der Waals surface area contributed by atoms with Crippen LogP contribution in [0.5, 0.6) is 5.75 Å². The van der Waals surface area contributed by atoms with Gasteiger partial charge in [0.15, 0.2) is 5.78 Å². The average Bonchev–Trinajstić information content (AvgIpc) is 2.87. The Balaban J connectivity index is 2.31. The van der Waals surface area contributed by atoms with Crippen LogP contribution >= 0.6 is 0 Å². The molecule has 1 N–H and O–H groups in total. The molecule has 0 atom stereocenters. The van der Waals surface area contributed by atoms with Crippen molar-refractivity contribution in [3.63, 3.8) is 0 Å². The van der Waals surface area contributed by atoms with Crippen LogP contribution in [0.3, 0.4) is 0 Å². The Morgan fingerprint density at radius 3 is 2.68 bits per heavy atom. The van der Waals surface area contributed by atoms with Gasteiger partial charge in [-0.05, 0) is 43.5 Å². The topological polar surface area (TPSA) is 50.7 Å². The Labute approximate surface area is 113 Å². The fourth-order valence-electron chi connectivity index (χ4n) is 2.47. The van der Waals surface area contributed by atoms with Crippen molar-refractivity contribution in [1.82, 2.24) is 5.32 Å². The number of nitrogens with one attached hydrogen (secondary N) is 1. The van der Waals surface area contributed by atoms with Crippen molar-refractivity contribution in [2.24, 2.45) is 4.99 Å². The average molecular weight is 260 g/mol. The highest BCUT2D eigenvalue weighted by molar-refractivity contribution is 6.10. The number of aliphatic imine (C=N–C) groups is 1. The van der Waals surface area contributed by atoms with Gasteiger partial charge in [-0.2, -0.15) is 0 Å². The third kappa shape index (κ3) is 2.62. The molecule has 4 heteroatoms. The van der Waals surface area contributed by atoms with Crippen molar-refractivity contribution in [1.29, 1.82) is 0 Å². The molecule has 0 aliphatic carbocycles. The van der Waals surface area contributed by atoms with E-state index in [1.54, 1.807) is 7.11 Å². The molecule has 0 radical (unpaired) electrons. The van der Waals surface area contributed by atoms with Crippen molar-refractivity contribution in [3.8, 4) is 5.75 Å². The van der Waals surface area contributed by atoms with Crippen molar-refractivity contribution in [2.45, 2.75) is 27.2 Å². The lowest BCUT2D eigenvalue weighted by Gasteiger charge is -2.15. The number of nitrogens with zero attached hydrogens (tertiary/aromatic N) is 1. The van der Waals surface area contributed by atoms with Gasteiger partial charge in [0.2, 0.25) is 0 Å². The number of hydrogen-bond donors (Lipinski definition) is 1. The summed E-state index contributed by atoms with van der Waals surface area (Å²) in [6.07, 6.45) is 0.353. The summed E-state index contributed by atoms with van der Waals surface area (Å²) in [5.74, 6) is 1.78. The molecule has 0 spiro atoms. The van der Waals surface area contributed by atoms with Gasteiger partial charge < -0.3 is 10.1 Å². The Hall–Kier alpha value is -1.84. The summed E-state index contributed by atoms with van der Waals surface area (Å²) in [6.45, 7) is 7.52. The molecule has 19 heavy (non-hydrogen) atoms. The molecule has 1 aromatic carbocycles. The number of hydrogen-bond acceptors (Lipinski definition) is 4. The van der Waals surface area contributed by atoms with E-state index in [2.05, 4.69) is 10.3 Å². The van der Waals surface area contributed by atoms with Crippen molar-refractivity contribution < 1.29 is 9.53 Å². The van der Waals surface area contributed by atoms with Crippen molar-refractivity contribution >= 4 is 11.6 Å². The Bertz CT molecular complexity index is 548. The highest BCUT2D eigenvalue weighted by Crippen LogP contribution is 2.29. The van der Waals surface area contributed by atoms with E-state index >= 15 is 0 Å². The highest BCUT2D eigenvalue weighted by atomic mass is 16.5. The SMILES string of the molecule is COc1c(C)cc(C(=O)CC2=NCCN2)c(C)c1C. The molecular weight excluding hydrogens is 240 g/mol. The number of benzene rings is 1. The Morgan fingerprint density at radius 2 is 2.11 bits per heavy atom. The number of Topliss-reactive ketones (excluding diaryl/α,β-unsaturated/α-hetero) is 1. The van der Waals surface area contributed by atoms with Gasteiger partial charge in [-0.1, -0.05) is 0 Å². The summed E-state index contributed by atoms with van der Waals surface area (Å²) in [5, 5.41) is 3.13. The minimum Gasteiger partial charge on any atom is -0.496 e. The molecule has 0 aromatic heterocycles. The van der Waals surface area contributed by atoms with Crippen molar-refractivity contribution in [2.75, 3.05) is 20.2 Å². The van der Waals surface area contributed by atoms with E-state index in [0.717, 1.165) is 46.9 Å². The molecule has 0 bridgehead atoms. The lowest BCUT2D eigenvalue weighted by molar-refractivity contribution is 0.0999. The lowest BCUT2D eigenvalue weighted by atomic mass is 9.94. The molecule has 0 saturated carbocycles. The second-order valence-corrected chi connectivity index (χ2v) is 4.88. The van der Waals surface area contributed by atoms with Gasteiger partial charge >= 0.3 is 0 Å². The number of carbonyl (C=O) groups is 1. The zero-order valence-corrected chi connectivity index (χ0v) is 12.0. The van der Waals surface area contributed by atoms with Crippen LogP contribution in [0.15, 0.2) is 11.1 Å². The predicted octanol–water partition coefficient (Wildman–Crippen LogP) is 2.19. The first-order valence-electron chi connectivity index (χ1n) is 6.49. The van der Waals surface area contributed by atoms with Crippen LogP contribution in [-0.2, 0) is 0 Å². The van der Waals surface area contributed by atoms with Gasteiger partial charge in [0, 0.05) is 12.1 Å². The first-order valence-corrected chi connectivity index (χ1v) is 6.49. The first kappa shape index (κ1) is 13.6. The van der Waals surface area contributed by atoms with Gasteiger partial charge in [-0.15, -0.1) is 0 Å². The first-order chi connectivity index (χ1) is 9.04. The summed E-state index contributed by atoms with van der Waals surface area (Å²) in [7, 11) is 1.66. The Morgan fingerprint density at radius 1 is 1.37 bits per heavy atom. The van der Waals surface area contributed by atoms with E-state index in [1.165, 1.54) is 0 Å². The monoisotopic (exact) mass is 260 g/mol. The van der Waals surface area contributed by atoms with Crippen LogP contribution in [0.2, 0.25) is 0 Å². The van der Waals surface area contributed by atoms with E-state index in [0.29, 0.717) is 6.42 Å². The maximum absolute atomic E-state index is 12.4. The van der Waals surface area contributed by atoms with Crippen LogP contribution in [0.25, 0.3) is 0 Å². The van der Waals surface area contributed by atoms with Crippen LogP contribution in [-0.4, -0.2) is 31.8 Å². The van der Waals surface area contributed by atoms with Gasteiger partial charge in [0.05, 0.1) is 20.1 Å². The summed E-state index contributed by atoms with van der Waals surface area (Å²) in [4.78, 5) is 16.6. The van der Waals surface area contributed by atoms with Crippen molar-refractivity contribution in [3.05, 3.63) is 28.3 Å². The number of methoxy groups -OCH3 is 1. The zero-order valence-electron chi connectivity index (χ0n) is 12.0. The number of ketones is 1. The molecule has 4 nitrogen and oxygen atoms in total. The van der Waals surface area contributed by atoms with Gasteiger partial charge in [0.1, 0.15) is 11.6 Å². The molecule has 0 saturated heterocycles. The molecule has 2 rings (SSSR count). The van der Waals surface area contributed by atoms with Gasteiger partial charge in [-0.3, -0.25) is 9.79 Å². The maximum atomic E-state index is 12.4. The summed E-state index contributed by atoms with van der Waals surface area (Å²) < 4.78 is 5.38. The molecular formula is C15H20N2O2. The minimum absolute atomic E-state index is 0.111. The second-order valence-electron chi connectivity index (χ2n) is 4.88. The number of amidine groups is 1. The standard InChI is InChI=1S/C15H20N2O2/c1-9-7-12(10(2)11(3)15(9)19-4)13(18)8-14-16-5-6-17-14/h7H,5-6,8H2,1-4H3,(H,16,17). The molecule has 1 aromatic rings. The van der Waals surface area contributed by atoms with E-state index < -0.39 is 0 Å². The quantitative estimate of drug-likeness (QED) is 0.844. The fraction of sp³-hybridized carbons (Fsp3) is 0.467. The molecule has 1 aliphatic rings. The summed E-state index contributed by atoms with van der Waals surface area (Å²) >= 11 is 0. The number of rotatable bonds is 4. The third-order valence-corrected chi connectivity index (χ3v) is 3.60. The largest absolute Gasteiger partial charge is 0.496 e. The number of carbonyl (C=O) groups excluding carboxylic acids is 1. The van der Waals surface area contributed by atoms with Crippen LogP contribution in [0, 0.1) is 20.8 Å². The van der Waals surface area contributed by atoms with E-state index in [1.807, 2.05) is 26.8 Å².